The molecule has 0 aromatic carbocycles. The lowest BCUT2D eigenvalue weighted by molar-refractivity contribution is -0.738. The van der Waals surface area contributed by atoms with Gasteiger partial charge in [0.2, 0.25) is 17.9 Å². The summed E-state index contributed by atoms with van der Waals surface area (Å²) in [7, 11) is 1.24. The van der Waals surface area contributed by atoms with Gasteiger partial charge in [-0.05, 0) is 6.08 Å². The molecule has 3 atom stereocenters. The Morgan fingerprint density at radius 3 is 3.00 bits per heavy atom. The number of aliphatic carboxylic acids is 1. The second kappa shape index (κ2) is 8.67. The minimum atomic E-state index is -1.50. The van der Waals surface area contributed by atoms with Gasteiger partial charge < -0.3 is 25.8 Å². The van der Waals surface area contributed by atoms with Crippen LogP contribution in [0.4, 0.5) is 5.13 Å². The van der Waals surface area contributed by atoms with Gasteiger partial charge in [-0.25, -0.2) is 0 Å². The van der Waals surface area contributed by atoms with Crippen molar-refractivity contribution in [3.8, 4) is 0 Å². The number of fused-ring (bicyclic) bond motifs is 2. The molecule has 35 heavy (non-hydrogen) atoms. The summed E-state index contributed by atoms with van der Waals surface area (Å²) in [4.78, 5) is 47.6. The van der Waals surface area contributed by atoms with Gasteiger partial charge in [0.25, 0.3) is 17.6 Å². The molecule has 0 saturated carbocycles. The van der Waals surface area contributed by atoms with Crippen LogP contribution in [0, 0.1) is 0 Å². The number of amidine groups is 1. The van der Waals surface area contributed by atoms with E-state index in [4.69, 9.17) is 10.6 Å². The van der Waals surface area contributed by atoms with Crippen LogP contribution in [0.2, 0.25) is 0 Å². The van der Waals surface area contributed by atoms with Crippen LogP contribution in [-0.4, -0.2) is 91.6 Å². The monoisotopic (exact) mass is 516 g/mol. The van der Waals surface area contributed by atoms with Gasteiger partial charge in [-0.3, -0.25) is 14.5 Å². The molecule has 0 aliphatic carbocycles. The Morgan fingerprint density at radius 2 is 2.29 bits per heavy atom. The molecule has 1 aromatic rings. The predicted molar refractivity (Wildman–Crippen MR) is 124 cm³/mol. The first-order chi connectivity index (χ1) is 16.8. The summed E-state index contributed by atoms with van der Waals surface area (Å²) < 4.78 is 3.79. The van der Waals surface area contributed by atoms with Gasteiger partial charge in [-0.15, -0.1) is 16.4 Å². The fraction of sp³-hybridized carbons (Fsp3) is 0.278. The molecule has 5 rings (SSSR count). The topological polar surface area (TPSA) is 200 Å². The highest BCUT2D eigenvalue weighted by atomic mass is 32.2. The van der Waals surface area contributed by atoms with E-state index in [2.05, 4.69) is 35.1 Å². The summed E-state index contributed by atoms with van der Waals surface area (Å²) >= 11 is 2.16. The standard InChI is InChI=1S/C18H16N10O5S2/c1-33-25-10(13-23-18(19)35-26-13)14(29)22-11-15(30)27-12(17(31)32)8(6-34-16(11)27)5-28-7-20-24-9(28)3-2-4-21-28/h2-4,7,11,16H,5-6H2,1H3,(H3-,19,22,23,26,29,31,32)/b25-10-/t11-,16?,28?/m1/s1. The average molecular weight is 517 g/mol. The van der Waals surface area contributed by atoms with Crippen molar-refractivity contribution in [1.29, 1.82) is 0 Å². The summed E-state index contributed by atoms with van der Waals surface area (Å²) in [6, 6.07) is -1.00. The van der Waals surface area contributed by atoms with E-state index in [0.717, 1.165) is 16.4 Å². The van der Waals surface area contributed by atoms with Gasteiger partial charge in [-0.1, -0.05) is 20.5 Å². The van der Waals surface area contributed by atoms with E-state index in [1.807, 2.05) is 0 Å². The van der Waals surface area contributed by atoms with Crippen LogP contribution in [0.25, 0.3) is 0 Å². The SMILES string of the molecule is CO/N=C(\C(=O)N[C@@H]1C(=O)N2C(C(=O)[O-])=C(C[N+]34C=NN=C3C=CC=N4)CSC12)c1nsc(N)n1. The van der Waals surface area contributed by atoms with Crippen molar-refractivity contribution < 1.29 is 28.9 Å². The predicted octanol–water partition coefficient (Wildman–Crippen LogP) is -2.40. The zero-order chi connectivity index (χ0) is 24.7. The molecule has 15 nitrogen and oxygen atoms in total. The molecule has 1 aromatic heterocycles. The van der Waals surface area contributed by atoms with E-state index < -0.39 is 29.2 Å². The molecule has 2 amide bonds. The molecule has 0 radical (unpaired) electrons. The van der Waals surface area contributed by atoms with Crippen LogP contribution in [0.3, 0.4) is 0 Å². The van der Waals surface area contributed by atoms with E-state index in [0.29, 0.717) is 11.4 Å². The number of β-lactam (4-membered cyclic amide) rings is 1. The molecule has 0 bridgehead atoms. The highest BCUT2D eigenvalue weighted by molar-refractivity contribution is 8.00. The number of quaternary nitrogens is 1. The average Bonchev–Trinajstić information content (AvgIpc) is 3.46. The Kier molecular flexibility index (Phi) is 5.65. The fourth-order valence-electron chi connectivity index (χ4n) is 3.91. The molecule has 0 spiro atoms. The van der Waals surface area contributed by atoms with E-state index in [9.17, 15) is 19.5 Å². The second-order valence-electron chi connectivity index (χ2n) is 7.48. The van der Waals surface area contributed by atoms with Gasteiger partial charge in [0.15, 0.2) is 5.13 Å². The Bertz CT molecular complexity index is 1310. The molecule has 4 aliphatic rings. The van der Waals surface area contributed by atoms with Crippen molar-refractivity contribution >= 4 is 70.3 Å². The summed E-state index contributed by atoms with van der Waals surface area (Å²) in [5.74, 6) is -2.16. The highest BCUT2D eigenvalue weighted by Crippen LogP contribution is 2.41. The van der Waals surface area contributed by atoms with Crippen LogP contribution in [-0.2, 0) is 19.2 Å². The fourth-order valence-corrected chi connectivity index (χ4v) is 5.68. The molecule has 180 valence electrons. The van der Waals surface area contributed by atoms with Gasteiger partial charge >= 0.3 is 0 Å². The van der Waals surface area contributed by atoms with Crippen LogP contribution < -0.4 is 16.2 Å². The molecule has 4 aliphatic heterocycles. The molecule has 2 unspecified atom stereocenters. The number of carboxylic acids is 1. The minimum absolute atomic E-state index is 0.0563. The number of amides is 2. The summed E-state index contributed by atoms with van der Waals surface area (Å²) in [6.45, 7) is 0.106. The van der Waals surface area contributed by atoms with Crippen LogP contribution in [0.15, 0.2) is 43.9 Å². The number of nitrogen functional groups attached to an aromatic ring is 1. The normalized spacial score (nSPS) is 26.8. The summed E-state index contributed by atoms with van der Waals surface area (Å²) in [5, 5.41) is 30.1. The number of aromatic nitrogens is 2. The smallest absolute Gasteiger partial charge is 0.279 e. The lowest BCUT2D eigenvalue weighted by Gasteiger charge is -2.50. The summed E-state index contributed by atoms with van der Waals surface area (Å²) in [6.07, 6.45) is 6.48. The number of carboxylic acid groups (broad SMARTS) is 1. The van der Waals surface area contributed by atoms with Crippen molar-refractivity contribution in [3.63, 3.8) is 0 Å². The number of nitrogens with zero attached hydrogens (tertiary/aromatic N) is 8. The third-order valence-corrected chi connectivity index (χ3v) is 7.30. The first-order valence-electron chi connectivity index (χ1n) is 9.97. The van der Waals surface area contributed by atoms with Crippen molar-refractivity contribution in [3.05, 3.63) is 29.2 Å². The molecule has 5 heterocycles. The Labute approximate surface area is 205 Å². The van der Waals surface area contributed by atoms with Gasteiger partial charge in [-0.2, -0.15) is 9.36 Å². The number of thioether (sulfide) groups is 1. The number of carbonyl (C=O) groups excluding carboxylic acids is 3. The molecule has 3 N–H and O–H groups in total. The van der Waals surface area contributed by atoms with Crippen molar-refractivity contribution in [2.75, 3.05) is 25.1 Å². The maximum atomic E-state index is 13.0. The third-order valence-electron chi connectivity index (χ3n) is 5.41. The minimum Gasteiger partial charge on any atom is -0.543 e. The quantitative estimate of drug-likeness (QED) is 0.172. The summed E-state index contributed by atoms with van der Waals surface area (Å²) in [5.41, 5.74) is 5.49. The largest absolute Gasteiger partial charge is 0.543 e. The van der Waals surface area contributed by atoms with Crippen molar-refractivity contribution in [2.24, 2.45) is 20.5 Å². The van der Waals surface area contributed by atoms with E-state index in [1.54, 1.807) is 18.4 Å². The van der Waals surface area contributed by atoms with Crippen molar-refractivity contribution in [2.45, 2.75) is 11.4 Å². The Morgan fingerprint density at radius 1 is 1.46 bits per heavy atom. The highest BCUT2D eigenvalue weighted by Gasteiger charge is 2.54. The number of hydrogen-bond acceptors (Lipinski definition) is 14. The first kappa shape index (κ1) is 22.8. The number of nitrogens with two attached hydrogens (primary N) is 1. The van der Waals surface area contributed by atoms with E-state index in [1.165, 1.54) is 25.2 Å². The van der Waals surface area contributed by atoms with Crippen LogP contribution in [0.1, 0.15) is 5.82 Å². The Balaban J connectivity index is 1.37. The second-order valence-corrected chi connectivity index (χ2v) is 9.37. The molecule has 1 fully saturated rings. The van der Waals surface area contributed by atoms with Gasteiger partial charge in [0.05, 0.1) is 17.9 Å². The maximum Gasteiger partial charge on any atom is 0.279 e. The zero-order valence-corrected chi connectivity index (χ0v) is 19.5. The molecule has 1 saturated heterocycles. The molecule has 17 heteroatoms. The zero-order valence-electron chi connectivity index (χ0n) is 17.9. The third kappa shape index (κ3) is 3.78. The Hall–Kier alpha value is -3.96. The molecular formula is C18H16N10O5S2. The lowest BCUT2D eigenvalue weighted by atomic mass is 10.0. The van der Waals surface area contributed by atoms with Gasteiger partial charge in [0.1, 0.15) is 25.1 Å². The van der Waals surface area contributed by atoms with E-state index >= 15 is 0 Å². The molecular weight excluding hydrogens is 500 g/mol. The van der Waals surface area contributed by atoms with Crippen LogP contribution >= 0.6 is 23.3 Å². The van der Waals surface area contributed by atoms with E-state index in [-0.39, 0.29) is 39.3 Å². The first-order valence-corrected chi connectivity index (χ1v) is 11.8. The van der Waals surface area contributed by atoms with Crippen LogP contribution in [0.5, 0.6) is 0 Å². The number of rotatable bonds is 7. The van der Waals surface area contributed by atoms with Crippen molar-refractivity contribution in [1.82, 2.24) is 19.6 Å². The number of nitrogens with one attached hydrogen (secondary N) is 1. The number of anilines is 1. The number of hydrogen-bond donors (Lipinski definition) is 2. The van der Waals surface area contributed by atoms with Gasteiger partial charge in [0, 0.05) is 28.9 Å². The number of carbonyl (C=O) groups is 3. The number of oxime groups is 1. The maximum absolute atomic E-state index is 13.0. The number of allylic oxidation sites excluding steroid dienone is 1. The lowest BCUT2D eigenvalue weighted by Crippen LogP contribution is -2.72.